The Kier molecular flexibility index (Phi) is 8.05. The van der Waals surface area contributed by atoms with Crippen molar-refractivity contribution in [2.45, 2.75) is 18.7 Å². The number of nitrogens with zero attached hydrogens (tertiary/aromatic N) is 1. The van der Waals surface area contributed by atoms with Crippen LogP contribution in [0.4, 0.5) is 4.39 Å². The normalized spacial score (nSPS) is 15.2. The van der Waals surface area contributed by atoms with E-state index in [4.69, 9.17) is 14.2 Å². The van der Waals surface area contributed by atoms with Crippen molar-refractivity contribution >= 4 is 33.1 Å². The molecule has 3 rings (SSSR count). The maximum Gasteiger partial charge on any atom is 0.383 e. The van der Waals surface area contributed by atoms with Crippen LogP contribution in [0, 0.1) is 5.82 Å². The number of aliphatic imine (C=N–C) groups is 1. The smallest absolute Gasteiger partial charge is 0.383 e. The summed E-state index contributed by atoms with van der Waals surface area (Å²) in [6, 6.07) is 11.4. The second-order valence-corrected chi connectivity index (χ2v) is 9.56. The van der Waals surface area contributed by atoms with Gasteiger partial charge in [0.15, 0.2) is 9.84 Å². The Morgan fingerprint density at radius 2 is 1.79 bits per heavy atom. The van der Waals surface area contributed by atoms with E-state index < -0.39 is 9.84 Å². The molecule has 0 aromatic heterocycles. The van der Waals surface area contributed by atoms with Crippen LogP contribution in [0.2, 0.25) is 0 Å². The monoisotopic (exact) mass is 473 g/mol. The van der Waals surface area contributed by atoms with Crippen molar-refractivity contribution in [3.05, 3.63) is 70.5 Å². The van der Waals surface area contributed by atoms with Crippen LogP contribution in [0.5, 0.6) is 0 Å². The summed E-state index contributed by atoms with van der Waals surface area (Å²) in [6.07, 6.45) is 3.31. The van der Waals surface area contributed by atoms with Crippen molar-refractivity contribution in [1.29, 1.82) is 0 Å². The molecular formula is C25H28FNO5S. The minimum atomic E-state index is -3.27. The van der Waals surface area contributed by atoms with Gasteiger partial charge in [0.2, 0.25) is 0 Å². The SMILES string of the molecule is CCO/C(=N/CC1=C(C)C(=Cc2ccc(S(C)(=O)=O)cc2)c2ccc(F)cc21)OCCOC. The molecule has 1 aliphatic carbocycles. The maximum absolute atomic E-state index is 14.1. The molecule has 0 heterocycles. The van der Waals surface area contributed by atoms with Crippen LogP contribution in [0.15, 0.2) is 57.9 Å². The van der Waals surface area contributed by atoms with Gasteiger partial charge < -0.3 is 14.2 Å². The third kappa shape index (κ3) is 6.09. The van der Waals surface area contributed by atoms with Crippen LogP contribution in [0.3, 0.4) is 0 Å². The average Bonchev–Trinajstić information content (AvgIpc) is 3.02. The zero-order valence-corrected chi connectivity index (χ0v) is 20.0. The maximum atomic E-state index is 14.1. The quantitative estimate of drug-likeness (QED) is 0.318. The van der Waals surface area contributed by atoms with Gasteiger partial charge in [-0.1, -0.05) is 18.2 Å². The van der Waals surface area contributed by atoms with Crippen molar-refractivity contribution in [1.82, 2.24) is 0 Å². The first-order valence-electron chi connectivity index (χ1n) is 10.6. The Labute approximate surface area is 194 Å². The van der Waals surface area contributed by atoms with E-state index in [1.54, 1.807) is 37.4 Å². The van der Waals surface area contributed by atoms with Gasteiger partial charge in [-0.2, -0.15) is 0 Å². The molecule has 0 amide bonds. The van der Waals surface area contributed by atoms with E-state index in [0.717, 1.165) is 33.4 Å². The Morgan fingerprint density at radius 1 is 1.06 bits per heavy atom. The summed E-state index contributed by atoms with van der Waals surface area (Å²) in [7, 11) is -1.68. The second kappa shape index (κ2) is 10.8. The molecule has 0 radical (unpaired) electrons. The number of fused-ring (bicyclic) bond motifs is 1. The molecule has 6 nitrogen and oxygen atoms in total. The van der Waals surface area contributed by atoms with Gasteiger partial charge in [-0.05, 0) is 77.6 Å². The first kappa shape index (κ1) is 24.7. The van der Waals surface area contributed by atoms with Gasteiger partial charge in [0.25, 0.3) is 0 Å². The lowest BCUT2D eigenvalue weighted by Crippen LogP contribution is -2.14. The molecule has 33 heavy (non-hydrogen) atoms. The highest BCUT2D eigenvalue weighted by molar-refractivity contribution is 7.90. The second-order valence-electron chi connectivity index (χ2n) is 7.55. The molecule has 8 heteroatoms. The summed E-state index contributed by atoms with van der Waals surface area (Å²) < 4.78 is 53.6. The molecule has 2 aromatic rings. The predicted octanol–water partition coefficient (Wildman–Crippen LogP) is 4.61. The molecular weight excluding hydrogens is 445 g/mol. The van der Waals surface area contributed by atoms with Gasteiger partial charge in [0.1, 0.15) is 12.4 Å². The Bertz CT molecular complexity index is 1200. The Morgan fingerprint density at radius 3 is 2.42 bits per heavy atom. The Balaban J connectivity index is 1.97. The fraction of sp³-hybridized carbons (Fsp3) is 0.320. The minimum Gasteiger partial charge on any atom is -0.451 e. The van der Waals surface area contributed by atoms with Crippen LogP contribution in [-0.4, -0.2) is 54.2 Å². The van der Waals surface area contributed by atoms with Crippen LogP contribution in [0.25, 0.3) is 17.2 Å². The number of hydrogen-bond donors (Lipinski definition) is 0. The average molecular weight is 474 g/mol. The fourth-order valence-corrected chi connectivity index (χ4v) is 4.18. The Hall–Kier alpha value is -2.97. The number of ether oxygens (including phenoxy) is 3. The molecule has 0 N–H and O–H groups in total. The van der Waals surface area contributed by atoms with Crippen molar-refractivity contribution in [3.8, 4) is 0 Å². The van der Waals surface area contributed by atoms with E-state index >= 15 is 0 Å². The highest BCUT2D eigenvalue weighted by Crippen LogP contribution is 2.42. The van der Waals surface area contributed by atoms with Gasteiger partial charge in [-0.25, -0.2) is 17.8 Å². The van der Waals surface area contributed by atoms with Crippen molar-refractivity contribution in [2.75, 3.05) is 39.7 Å². The molecule has 2 aromatic carbocycles. The predicted molar refractivity (Wildman–Crippen MR) is 128 cm³/mol. The number of rotatable bonds is 8. The van der Waals surface area contributed by atoms with Gasteiger partial charge in [0, 0.05) is 13.4 Å². The highest BCUT2D eigenvalue weighted by atomic mass is 32.2. The molecule has 0 unspecified atom stereocenters. The van der Waals surface area contributed by atoms with E-state index in [-0.39, 0.29) is 23.3 Å². The van der Waals surface area contributed by atoms with Crippen molar-refractivity contribution < 1.29 is 27.0 Å². The number of halogens is 1. The van der Waals surface area contributed by atoms with Gasteiger partial charge in [-0.15, -0.1) is 0 Å². The van der Waals surface area contributed by atoms with Gasteiger partial charge in [-0.3, -0.25) is 0 Å². The zero-order valence-electron chi connectivity index (χ0n) is 19.2. The molecule has 0 aliphatic heterocycles. The topological polar surface area (TPSA) is 74.2 Å². The van der Waals surface area contributed by atoms with E-state index in [0.29, 0.717) is 19.8 Å². The molecule has 0 fully saturated rings. The molecule has 0 bridgehead atoms. The van der Waals surface area contributed by atoms with Crippen LogP contribution >= 0.6 is 0 Å². The van der Waals surface area contributed by atoms with Gasteiger partial charge in [0.05, 0.1) is 24.7 Å². The molecule has 176 valence electrons. The lowest BCUT2D eigenvalue weighted by molar-refractivity contribution is 0.107. The summed E-state index contributed by atoms with van der Waals surface area (Å²) in [6.45, 7) is 5.19. The largest absolute Gasteiger partial charge is 0.451 e. The lowest BCUT2D eigenvalue weighted by atomic mass is 10.0. The number of benzene rings is 2. The molecule has 0 spiro atoms. The molecule has 0 saturated heterocycles. The summed E-state index contributed by atoms with van der Waals surface area (Å²) in [5, 5.41) is 0. The lowest BCUT2D eigenvalue weighted by Gasteiger charge is -2.10. The zero-order chi connectivity index (χ0) is 24.0. The molecule has 0 atom stereocenters. The van der Waals surface area contributed by atoms with E-state index in [2.05, 4.69) is 4.99 Å². The van der Waals surface area contributed by atoms with Crippen molar-refractivity contribution in [3.63, 3.8) is 0 Å². The van der Waals surface area contributed by atoms with Crippen LogP contribution in [-0.2, 0) is 24.0 Å². The third-order valence-electron chi connectivity index (χ3n) is 5.22. The first-order chi connectivity index (χ1) is 15.7. The number of methoxy groups -OCH3 is 1. The standard InChI is InChI=1S/C25H28FNO5S/c1-5-31-25(32-13-12-30-3)27-16-24-17(2)22(21-11-8-19(26)15-23(21)24)14-18-6-9-20(10-7-18)33(4,28)29/h6-11,14-15H,5,12-13,16H2,1-4H3/b22-14?,27-25-. The summed E-state index contributed by atoms with van der Waals surface area (Å²) in [4.78, 5) is 4.73. The molecule has 0 saturated carbocycles. The van der Waals surface area contributed by atoms with E-state index in [1.807, 2.05) is 19.9 Å². The number of hydrogen-bond acceptors (Lipinski definition) is 6. The number of allylic oxidation sites excluding steroid dienone is 2. The fourth-order valence-electron chi connectivity index (χ4n) is 3.55. The summed E-state index contributed by atoms with van der Waals surface area (Å²) in [5.74, 6) is -0.330. The van der Waals surface area contributed by atoms with Crippen molar-refractivity contribution in [2.24, 2.45) is 4.99 Å². The van der Waals surface area contributed by atoms with E-state index in [9.17, 15) is 12.8 Å². The third-order valence-corrected chi connectivity index (χ3v) is 6.35. The first-order valence-corrected chi connectivity index (χ1v) is 12.4. The van der Waals surface area contributed by atoms with Gasteiger partial charge >= 0.3 is 6.08 Å². The molecule has 1 aliphatic rings. The number of sulfone groups is 1. The van der Waals surface area contributed by atoms with E-state index in [1.165, 1.54) is 18.4 Å². The summed E-state index contributed by atoms with van der Waals surface area (Å²) in [5.41, 5.74) is 5.26. The minimum absolute atomic E-state index is 0.168. The highest BCUT2D eigenvalue weighted by Gasteiger charge is 2.24. The van der Waals surface area contributed by atoms with Crippen LogP contribution in [0.1, 0.15) is 30.5 Å². The summed E-state index contributed by atoms with van der Waals surface area (Å²) >= 11 is 0. The van der Waals surface area contributed by atoms with Crippen LogP contribution < -0.4 is 0 Å².